The largest absolute Gasteiger partial charge is 0.380 e. The van der Waals surface area contributed by atoms with Crippen LogP contribution in [0.1, 0.15) is 17.3 Å². The van der Waals surface area contributed by atoms with Crippen molar-refractivity contribution in [3.05, 3.63) is 29.8 Å². The lowest BCUT2D eigenvalue weighted by Crippen LogP contribution is -2.48. The van der Waals surface area contributed by atoms with Crippen molar-refractivity contribution >= 4 is 15.7 Å². The minimum atomic E-state index is -3.30. The molecule has 104 valence electrons. The summed E-state index contributed by atoms with van der Waals surface area (Å²) in [5.41, 5.74) is 0.344. The standard InChI is InChI=1S/C13H17NO4S/c1-13(8-18-9-13)7-14-12(15)10-4-3-5-11(6-10)19(2,16)17/h3-6H,7-9H2,1-2H3,(H,14,15). The summed E-state index contributed by atoms with van der Waals surface area (Å²) in [6.07, 6.45) is 1.12. The van der Waals surface area contributed by atoms with Crippen LogP contribution in [0, 0.1) is 5.41 Å². The van der Waals surface area contributed by atoms with Gasteiger partial charge in [-0.2, -0.15) is 0 Å². The highest BCUT2D eigenvalue weighted by Crippen LogP contribution is 2.25. The second-order valence-corrected chi connectivity index (χ2v) is 7.30. The van der Waals surface area contributed by atoms with Gasteiger partial charge in [-0.05, 0) is 18.2 Å². The zero-order valence-electron chi connectivity index (χ0n) is 11.0. The van der Waals surface area contributed by atoms with Crippen LogP contribution in [0.2, 0.25) is 0 Å². The molecule has 1 aromatic rings. The lowest BCUT2D eigenvalue weighted by Gasteiger charge is -2.38. The Morgan fingerprint density at radius 2 is 2.11 bits per heavy atom. The van der Waals surface area contributed by atoms with Crippen LogP contribution in [0.4, 0.5) is 0 Å². The number of ether oxygens (including phenoxy) is 1. The lowest BCUT2D eigenvalue weighted by atomic mass is 9.89. The van der Waals surface area contributed by atoms with E-state index in [0.717, 1.165) is 6.26 Å². The van der Waals surface area contributed by atoms with Gasteiger partial charge in [-0.1, -0.05) is 13.0 Å². The molecule has 1 aliphatic heterocycles. The van der Waals surface area contributed by atoms with Crippen LogP contribution in [-0.4, -0.2) is 40.3 Å². The van der Waals surface area contributed by atoms with E-state index in [-0.39, 0.29) is 16.2 Å². The molecule has 1 fully saturated rings. The molecule has 0 radical (unpaired) electrons. The van der Waals surface area contributed by atoms with Gasteiger partial charge in [0.25, 0.3) is 5.91 Å². The van der Waals surface area contributed by atoms with Crippen LogP contribution >= 0.6 is 0 Å². The number of sulfone groups is 1. The minimum Gasteiger partial charge on any atom is -0.380 e. The SMILES string of the molecule is CC1(CNC(=O)c2cccc(S(C)(=O)=O)c2)COC1. The summed E-state index contributed by atoms with van der Waals surface area (Å²) in [6.45, 7) is 3.83. The van der Waals surface area contributed by atoms with E-state index in [0.29, 0.717) is 25.3 Å². The van der Waals surface area contributed by atoms with E-state index in [1.54, 1.807) is 12.1 Å². The Bertz CT molecular complexity index is 590. The molecule has 0 aromatic heterocycles. The first-order valence-electron chi connectivity index (χ1n) is 5.96. The molecule has 6 heteroatoms. The van der Waals surface area contributed by atoms with Crippen molar-refractivity contribution in [3.63, 3.8) is 0 Å². The zero-order valence-corrected chi connectivity index (χ0v) is 11.8. The second kappa shape index (κ2) is 4.94. The molecule has 1 aromatic carbocycles. The summed E-state index contributed by atoms with van der Waals surface area (Å²) < 4.78 is 28.0. The zero-order chi connectivity index (χ0) is 14.1. The predicted molar refractivity (Wildman–Crippen MR) is 70.8 cm³/mol. The summed E-state index contributed by atoms with van der Waals surface area (Å²) in [5, 5.41) is 2.81. The van der Waals surface area contributed by atoms with Crippen molar-refractivity contribution < 1.29 is 17.9 Å². The summed E-state index contributed by atoms with van der Waals surface area (Å²) >= 11 is 0. The van der Waals surface area contributed by atoms with E-state index >= 15 is 0 Å². The number of carbonyl (C=O) groups is 1. The number of amides is 1. The number of rotatable bonds is 4. The molecule has 0 unspecified atom stereocenters. The first kappa shape index (κ1) is 14.0. The summed E-state index contributed by atoms with van der Waals surface area (Å²) in [6, 6.07) is 6.04. The number of benzene rings is 1. The monoisotopic (exact) mass is 283 g/mol. The molecule has 1 aliphatic rings. The van der Waals surface area contributed by atoms with Gasteiger partial charge in [-0.25, -0.2) is 8.42 Å². The Morgan fingerprint density at radius 3 is 2.63 bits per heavy atom. The van der Waals surface area contributed by atoms with E-state index < -0.39 is 9.84 Å². The van der Waals surface area contributed by atoms with Gasteiger partial charge < -0.3 is 10.1 Å². The lowest BCUT2D eigenvalue weighted by molar-refractivity contribution is -0.0978. The molecule has 0 spiro atoms. The predicted octanol–water partition coefficient (Wildman–Crippen LogP) is 0.856. The maximum absolute atomic E-state index is 12.0. The molecule has 2 rings (SSSR count). The number of hydrogen-bond donors (Lipinski definition) is 1. The second-order valence-electron chi connectivity index (χ2n) is 5.29. The fourth-order valence-corrected chi connectivity index (χ4v) is 2.48. The third kappa shape index (κ3) is 3.33. The summed E-state index contributed by atoms with van der Waals surface area (Å²) in [7, 11) is -3.30. The smallest absolute Gasteiger partial charge is 0.251 e. The maximum atomic E-state index is 12.0. The Labute approximate surface area is 112 Å². The molecule has 1 N–H and O–H groups in total. The Morgan fingerprint density at radius 1 is 1.42 bits per heavy atom. The van der Waals surface area contributed by atoms with Crippen LogP contribution in [0.5, 0.6) is 0 Å². The van der Waals surface area contributed by atoms with E-state index in [4.69, 9.17) is 4.74 Å². The molecule has 0 aliphatic carbocycles. The van der Waals surface area contributed by atoms with Crippen molar-refractivity contribution in [2.45, 2.75) is 11.8 Å². The Kier molecular flexibility index (Phi) is 3.64. The first-order valence-corrected chi connectivity index (χ1v) is 7.85. The van der Waals surface area contributed by atoms with Gasteiger partial charge in [0.2, 0.25) is 0 Å². The molecule has 1 heterocycles. The molecule has 19 heavy (non-hydrogen) atoms. The quantitative estimate of drug-likeness (QED) is 0.889. The fourth-order valence-electron chi connectivity index (χ4n) is 1.82. The fraction of sp³-hybridized carbons (Fsp3) is 0.462. The van der Waals surface area contributed by atoms with Crippen LogP contribution in [0.15, 0.2) is 29.2 Å². The third-order valence-corrected chi connectivity index (χ3v) is 4.21. The summed E-state index contributed by atoms with van der Waals surface area (Å²) in [5.74, 6) is -0.265. The number of hydrogen-bond acceptors (Lipinski definition) is 4. The number of carbonyl (C=O) groups excluding carboxylic acids is 1. The van der Waals surface area contributed by atoms with Gasteiger partial charge in [0.1, 0.15) is 0 Å². The number of nitrogens with one attached hydrogen (secondary N) is 1. The van der Waals surface area contributed by atoms with Gasteiger partial charge in [0, 0.05) is 23.8 Å². The maximum Gasteiger partial charge on any atom is 0.251 e. The highest BCUT2D eigenvalue weighted by molar-refractivity contribution is 7.90. The van der Waals surface area contributed by atoms with Gasteiger partial charge in [0.05, 0.1) is 18.1 Å². The van der Waals surface area contributed by atoms with E-state index in [9.17, 15) is 13.2 Å². The van der Waals surface area contributed by atoms with Gasteiger partial charge in [-0.15, -0.1) is 0 Å². The topological polar surface area (TPSA) is 72.5 Å². The van der Waals surface area contributed by atoms with Crippen LogP contribution in [0.3, 0.4) is 0 Å². The third-order valence-electron chi connectivity index (χ3n) is 3.10. The molecular weight excluding hydrogens is 266 g/mol. The van der Waals surface area contributed by atoms with E-state index in [1.165, 1.54) is 12.1 Å². The molecule has 1 amide bonds. The molecule has 5 nitrogen and oxygen atoms in total. The normalized spacial score (nSPS) is 17.6. The molecule has 1 saturated heterocycles. The Hall–Kier alpha value is -1.40. The first-order chi connectivity index (χ1) is 8.80. The van der Waals surface area contributed by atoms with Crippen molar-refractivity contribution in [1.82, 2.24) is 5.32 Å². The average molecular weight is 283 g/mol. The van der Waals surface area contributed by atoms with Crippen LogP contribution < -0.4 is 5.32 Å². The average Bonchev–Trinajstić information content (AvgIpc) is 2.33. The molecule has 0 atom stereocenters. The van der Waals surface area contributed by atoms with Crippen molar-refractivity contribution in [3.8, 4) is 0 Å². The van der Waals surface area contributed by atoms with Gasteiger partial charge in [0.15, 0.2) is 9.84 Å². The molecule has 0 saturated carbocycles. The Balaban J connectivity index is 2.07. The van der Waals surface area contributed by atoms with Crippen molar-refractivity contribution in [2.75, 3.05) is 26.0 Å². The highest BCUT2D eigenvalue weighted by atomic mass is 32.2. The highest BCUT2D eigenvalue weighted by Gasteiger charge is 2.33. The van der Waals surface area contributed by atoms with Crippen molar-refractivity contribution in [1.29, 1.82) is 0 Å². The van der Waals surface area contributed by atoms with E-state index in [1.807, 2.05) is 6.92 Å². The summed E-state index contributed by atoms with van der Waals surface area (Å²) in [4.78, 5) is 12.1. The molecular formula is C13H17NO4S. The minimum absolute atomic E-state index is 0.00982. The van der Waals surface area contributed by atoms with Crippen LogP contribution in [0.25, 0.3) is 0 Å². The van der Waals surface area contributed by atoms with Crippen LogP contribution in [-0.2, 0) is 14.6 Å². The van der Waals surface area contributed by atoms with Crippen molar-refractivity contribution in [2.24, 2.45) is 5.41 Å². The van der Waals surface area contributed by atoms with Gasteiger partial charge in [-0.3, -0.25) is 4.79 Å². The molecule has 0 bridgehead atoms. The van der Waals surface area contributed by atoms with Gasteiger partial charge >= 0.3 is 0 Å². The van der Waals surface area contributed by atoms with E-state index in [2.05, 4.69) is 5.32 Å².